The van der Waals surface area contributed by atoms with Crippen LogP contribution in [-0.2, 0) is 15.8 Å². The smallest absolute Gasteiger partial charge is 0.325 e. The Balaban J connectivity index is 1.49. The highest BCUT2D eigenvalue weighted by Gasteiger charge is 2.34. The zero-order valence-electron chi connectivity index (χ0n) is 14.9. The van der Waals surface area contributed by atoms with Crippen LogP contribution < -0.4 is 10.6 Å². The van der Waals surface area contributed by atoms with Crippen LogP contribution in [0.25, 0.3) is 10.8 Å². The minimum Gasteiger partial charge on any atom is -0.325 e. The maximum Gasteiger partial charge on any atom is 0.416 e. The second-order valence-corrected chi connectivity index (χ2v) is 7.83. The number of halogens is 3. The van der Waals surface area contributed by atoms with Gasteiger partial charge in [0, 0.05) is 22.4 Å². The van der Waals surface area contributed by atoms with Gasteiger partial charge in [-0.15, -0.1) is 11.8 Å². The van der Waals surface area contributed by atoms with Crippen LogP contribution in [-0.4, -0.2) is 17.1 Å². The first-order valence-electron chi connectivity index (χ1n) is 8.77. The minimum atomic E-state index is -4.49. The molecule has 0 bridgehead atoms. The third-order valence-corrected chi connectivity index (χ3v) is 5.84. The van der Waals surface area contributed by atoms with Crippen molar-refractivity contribution in [2.24, 2.45) is 0 Å². The van der Waals surface area contributed by atoms with Crippen LogP contribution in [0.4, 0.5) is 24.5 Å². The Labute approximate surface area is 168 Å². The van der Waals surface area contributed by atoms with Gasteiger partial charge in [0.15, 0.2) is 0 Å². The van der Waals surface area contributed by atoms with Crippen LogP contribution in [0.3, 0.4) is 0 Å². The van der Waals surface area contributed by atoms with E-state index < -0.39 is 22.9 Å². The van der Waals surface area contributed by atoms with Gasteiger partial charge in [0.1, 0.15) is 0 Å². The molecular formula is C21H15F3N2O2S. The van der Waals surface area contributed by atoms with E-state index >= 15 is 0 Å². The lowest BCUT2D eigenvalue weighted by molar-refractivity contribution is -0.137. The molecule has 0 saturated carbocycles. The van der Waals surface area contributed by atoms with Crippen LogP contribution >= 0.6 is 11.8 Å². The number of hydrogen-bond donors (Lipinski definition) is 2. The molecule has 29 heavy (non-hydrogen) atoms. The van der Waals surface area contributed by atoms with Crippen molar-refractivity contribution in [2.45, 2.75) is 22.7 Å². The minimum absolute atomic E-state index is 0.0970. The molecule has 0 spiro atoms. The van der Waals surface area contributed by atoms with Gasteiger partial charge in [-0.1, -0.05) is 36.4 Å². The number of thioether (sulfide) groups is 1. The zero-order chi connectivity index (χ0) is 20.6. The van der Waals surface area contributed by atoms with Crippen LogP contribution in [0.15, 0.2) is 65.6 Å². The van der Waals surface area contributed by atoms with Crippen LogP contribution in [0.5, 0.6) is 0 Å². The van der Waals surface area contributed by atoms with Crippen LogP contribution in [0, 0.1) is 0 Å². The summed E-state index contributed by atoms with van der Waals surface area (Å²) in [4.78, 5) is 25.3. The van der Waals surface area contributed by atoms with Crippen molar-refractivity contribution in [1.29, 1.82) is 0 Å². The molecule has 4 rings (SSSR count). The Hall–Kier alpha value is -3.00. The van der Waals surface area contributed by atoms with Crippen molar-refractivity contribution in [2.75, 3.05) is 10.6 Å². The van der Waals surface area contributed by atoms with Gasteiger partial charge in [-0.05, 0) is 29.7 Å². The molecule has 3 aromatic carbocycles. The summed E-state index contributed by atoms with van der Waals surface area (Å²) in [6, 6.07) is 16.3. The van der Waals surface area contributed by atoms with Gasteiger partial charge in [-0.25, -0.2) is 0 Å². The lowest BCUT2D eigenvalue weighted by Gasteiger charge is -2.24. The molecule has 0 radical (unpaired) electrons. The molecule has 3 aromatic rings. The summed E-state index contributed by atoms with van der Waals surface area (Å²) in [7, 11) is 0. The largest absolute Gasteiger partial charge is 0.416 e. The molecule has 0 saturated heterocycles. The predicted molar refractivity (Wildman–Crippen MR) is 107 cm³/mol. The van der Waals surface area contributed by atoms with Gasteiger partial charge in [-0.3, -0.25) is 9.59 Å². The van der Waals surface area contributed by atoms with Gasteiger partial charge in [0.2, 0.25) is 11.8 Å². The normalized spacial score (nSPS) is 16.2. The van der Waals surface area contributed by atoms with Gasteiger partial charge >= 0.3 is 6.18 Å². The highest BCUT2D eigenvalue weighted by molar-refractivity contribution is 8.01. The van der Waals surface area contributed by atoms with Crippen LogP contribution in [0.2, 0.25) is 0 Å². The van der Waals surface area contributed by atoms with E-state index in [1.54, 1.807) is 6.07 Å². The van der Waals surface area contributed by atoms with Gasteiger partial charge in [0.05, 0.1) is 16.5 Å². The SMILES string of the molecule is O=C(CC1Sc2ccc(C(F)(F)F)cc2NC1=O)Nc1cccc2ccccc12. The number of anilines is 2. The molecule has 1 aliphatic heterocycles. The van der Waals surface area contributed by atoms with E-state index in [4.69, 9.17) is 0 Å². The third-order valence-electron chi connectivity index (χ3n) is 4.56. The number of amides is 2. The number of rotatable bonds is 3. The van der Waals surface area contributed by atoms with Crippen molar-refractivity contribution >= 4 is 45.7 Å². The van der Waals surface area contributed by atoms with E-state index in [0.717, 1.165) is 34.7 Å². The number of hydrogen-bond acceptors (Lipinski definition) is 3. The number of benzene rings is 3. The molecule has 1 aliphatic rings. The Morgan fingerprint density at radius 1 is 1.07 bits per heavy atom. The monoisotopic (exact) mass is 416 g/mol. The maximum atomic E-state index is 12.8. The highest BCUT2D eigenvalue weighted by Crippen LogP contribution is 2.40. The number of carbonyl (C=O) groups excluding carboxylic acids is 2. The average molecular weight is 416 g/mol. The summed E-state index contributed by atoms with van der Waals surface area (Å²) in [5, 5.41) is 6.44. The van der Waals surface area contributed by atoms with Gasteiger partial charge < -0.3 is 10.6 Å². The second-order valence-electron chi connectivity index (χ2n) is 6.58. The van der Waals surface area contributed by atoms with E-state index in [2.05, 4.69) is 10.6 Å². The first kappa shape index (κ1) is 19.3. The number of nitrogens with one attached hydrogen (secondary N) is 2. The van der Waals surface area contributed by atoms with E-state index in [1.165, 1.54) is 6.07 Å². The van der Waals surface area contributed by atoms with Crippen LogP contribution in [0.1, 0.15) is 12.0 Å². The van der Waals surface area contributed by atoms with Crippen molar-refractivity contribution in [1.82, 2.24) is 0 Å². The van der Waals surface area contributed by atoms with Crippen molar-refractivity contribution < 1.29 is 22.8 Å². The fourth-order valence-corrected chi connectivity index (χ4v) is 4.26. The second kappa shape index (κ2) is 7.44. The number of carbonyl (C=O) groups is 2. The number of alkyl halides is 3. The predicted octanol–water partition coefficient (Wildman–Crippen LogP) is 5.30. The number of fused-ring (bicyclic) bond motifs is 2. The molecule has 148 valence electrons. The molecule has 2 N–H and O–H groups in total. The lowest BCUT2D eigenvalue weighted by atomic mass is 10.1. The van der Waals surface area contributed by atoms with Gasteiger partial charge in [0.25, 0.3) is 0 Å². The van der Waals surface area contributed by atoms with E-state index in [1.807, 2.05) is 36.4 Å². The van der Waals surface area contributed by atoms with E-state index in [9.17, 15) is 22.8 Å². The van der Waals surface area contributed by atoms with Crippen molar-refractivity contribution in [3.63, 3.8) is 0 Å². The maximum absolute atomic E-state index is 12.8. The lowest BCUT2D eigenvalue weighted by Crippen LogP contribution is -2.32. The van der Waals surface area contributed by atoms with Gasteiger partial charge in [-0.2, -0.15) is 13.2 Å². The van der Waals surface area contributed by atoms with Crippen molar-refractivity contribution in [3.05, 3.63) is 66.2 Å². The molecule has 0 aromatic heterocycles. The first-order valence-corrected chi connectivity index (χ1v) is 9.65. The molecule has 8 heteroatoms. The summed E-state index contributed by atoms with van der Waals surface area (Å²) in [5.41, 5.74) is -0.0747. The Morgan fingerprint density at radius 3 is 2.62 bits per heavy atom. The fraction of sp³-hybridized carbons (Fsp3) is 0.143. The molecule has 0 aliphatic carbocycles. The molecule has 1 heterocycles. The Morgan fingerprint density at radius 2 is 1.83 bits per heavy atom. The molecule has 0 fully saturated rings. The molecule has 2 amide bonds. The third kappa shape index (κ3) is 4.07. The fourth-order valence-electron chi connectivity index (χ4n) is 3.17. The average Bonchev–Trinajstić information content (AvgIpc) is 2.68. The summed E-state index contributed by atoms with van der Waals surface area (Å²) in [6.07, 6.45) is -4.58. The summed E-state index contributed by atoms with van der Waals surface area (Å²) >= 11 is 1.09. The standard InChI is InChI=1S/C21H15F3N2O2S/c22-21(23,24)13-8-9-17-16(10-13)26-20(28)18(29-17)11-19(27)25-15-7-3-5-12-4-1-2-6-14(12)15/h1-10,18H,11H2,(H,25,27)(H,26,28). The quantitative estimate of drug-likeness (QED) is 0.609. The van der Waals surface area contributed by atoms with Crippen molar-refractivity contribution in [3.8, 4) is 0 Å². The summed E-state index contributed by atoms with van der Waals surface area (Å²) < 4.78 is 38.5. The highest BCUT2D eigenvalue weighted by atomic mass is 32.2. The Kier molecular flexibility index (Phi) is 4.96. The summed E-state index contributed by atoms with van der Waals surface area (Å²) in [6.45, 7) is 0. The zero-order valence-corrected chi connectivity index (χ0v) is 15.7. The summed E-state index contributed by atoms with van der Waals surface area (Å²) in [5.74, 6) is -0.834. The molecule has 4 nitrogen and oxygen atoms in total. The van der Waals surface area contributed by atoms with E-state index in [0.29, 0.717) is 10.6 Å². The first-order chi connectivity index (χ1) is 13.8. The molecule has 1 atom stereocenters. The topological polar surface area (TPSA) is 58.2 Å². The van der Waals surface area contributed by atoms with E-state index in [-0.39, 0.29) is 18.0 Å². The Bertz CT molecular complexity index is 1110. The molecule has 1 unspecified atom stereocenters. The molecular weight excluding hydrogens is 401 g/mol.